The molecule has 0 aliphatic rings. The Morgan fingerprint density at radius 2 is 2.33 bits per heavy atom. The molecule has 1 N–H and O–H groups in total. The lowest BCUT2D eigenvalue weighted by molar-refractivity contribution is 0.262. The Labute approximate surface area is 94.3 Å². The summed E-state index contributed by atoms with van der Waals surface area (Å²) in [6.07, 6.45) is 2.44. The molecule has 1 heterocycles. The number of nitrogens with zero attached hydrogens (tertiary/aromatic N) is 4. The SMILES string of the molecule is CCCC(C)CSc1nnnn1CCO. The number of aromatic nitrogens is 4. The van der Waals surface area contributed by atoms with Gasteiger partial charge in [-0.15, -0.1) is 5.10 Å². The second kappa shape index (κ2) is 6.79. The number of hydrogen-bond donors (Lipinski definition) is 1. The number of rotatable bonds is 7. The van der Waals surface area contributed by atoms with Crippen molar-refractivity contribution in [1.82, 2.24) is 20.2 Å². The fourth-order valence-electron chi connectivity index (χ4n) is 1.33. The first-order valence-corrected chi connectivity index (χ1v) is 6.26. The van der Waals surface area contributed by atoms with Crippen molar-refractivity contribution in [3.05, 3.63) is 0 Å². The first-order valence-electron chi connectivity index (χ1n) is 5.27. The van der Waals surface area contributed by atoms with Crippen molar-refractivity contribution in [2.45, 2.75) is 38.4 Å². The van der Waals surface area contributed by atoms with Crippen molar-refractivity contribution in [2.24, 2.45) is 5.92 Å². The molecule has 0 aliphatic heterocycles. The summed E-state index contributed by atoms with van der Waals surface area (Å²) in [4.78, 5) is 0. The molecule has 0 fully saturated rings. The predicted octanol–water partition coefficient (Wildman–Crippen LogP) is 1.19. The van der Waals surface area contributed by atoms with Gasteiger partial charge in [0.25, 0.3) is 0 Å². The molecule has 0 aliphatic carbocycles. The molecule has 1 atom stereocenters. The zero-order valence-corrected chi connectivity index (χ0v) is 10.1. The molecule has 0 amide bonds. The molecule has 1 unspecified atom stereocenters. The van der Waals surface area contributed by atoms with Crippen LogP contribution < -0.4 is 0 Å². The summed E-state index contributed by atoms with van der Waals surface area (Å²) in [7, 11) is 0. The first kappa shape index (κ1) is 12.4. The fraction of sp³-hybridized carbons (Fsp3) is 0.889. The van der Waals surface area contributed by atoms with Crippen LogP contribution in [0.4, 0.5) is 0 Å². The Morgan fingerprint density at radius 3 is 3.00 bits per heavy atom. The highest BCUT2D eigenvalue weighted by molar-refractivity contribution is 7.99. The average Bonchev–Trinajstić information content (AvgIpc) is 2.64. The Bertz CT molecular complexity index is 279. The van der Waals surface area contributed by atoms with E-state index in [9.17, 15) is 0 Å². The molecule has 1 aromatic rings. The van der Waals surface area contributed by atoms with Gasteiger partial charge in [-0.3, -0.25) is 0 Å². The van der Waals surface area contributed by atoms with Crippen molar-refractivity contribution in [2.75, 3.05) is 12.4 Å². The van der Waals surface area contributed by atoms with Crippen LogP contribution >= 0.6 is 11.8 Å². The smallest absolute Gasteiger partial charge is 0.209 e. The van der Waals surface area contributed by atoms with E-state index in [0.29, 0.717) is 12.5 Å². The topological polar surface area (TPSA) is 63.8 Å². The van der Waals surface area contributed by atoms with E-state index in [4.69, 9.17) is 5.11 Å². The molecule has 0 aromatic carbocycles. The van der Waals surface area contributed by atoms with Gasteiger partial charge in [0.05, 0.1) is 13.2 Å². The minimum atomic E-state index is 0.0725. The van der Waals surface area contributed by atoms with E-state index in [1.54, 1.807) is 16.4 Å². The zero-order chi connectivity index (χ0) is 11.1. The summed E-state index contributed by atoms with van der Waals surface area (Å²) in [5, 5.41) is 20.9. The van der Waals surface area contributed by atoms with Gasteiger partial charge >= 0.3 is 0 Å². The van der Waals surface area contributed by atoms with Crippen molar-refractivity contribution < 1.29 is 5.11 Å². The Hall–Kier alpha value is -0.620. The molecule has 0 spiro atoms. The molecule has 0 saturated carbocycles. The van der Waals surface area contributed by atoms with Crippen molar-refractivity contribution in [3.8, 4) is 0 Å². The van der Waals surface area contributed by atoms with Crippen LogP contribution in [-0.2, 0) is 6.54 Å². The van der Waals surface area contributed by atoms with Gasteiger partial charge in [0.15, 0.2) is 0 Å². The monoisotopic (exact) mass is 230 g/mol. The van der Waals surface area contributed by atoms with E-state index in [1.807, 2.05) is 0 Å². The molecule has 86 valence electrons. The van der Waals surface area contributed by atoms with Gasteiger partial charge < -0.3 is 5.11 Å². The third-order valence-corrected chi connectivity index (χ3v) is 3.38. The number of aliphatic hydroxyl groups is 1. The third-order valence-electron chi connectivity index (χ3n) is 2.09. The highest BCUT2D eigenvalue weighted by atomic mass is 32.2. The third kappa shape index (κ3) is 4.17. The molecule has 1 rings (SSSR count). The second-order valence-electron chi connectivity index (χ2n) is 3.61. The maximum absolute atomic E-state index is 8.80. The van der Waals surface area contributed by atoms with Gasteiger partial charge in [-0.2, -0.15) is 0 Å². The van der Waals surface area contributed by atoms with Gasteiger partial charge in [-0.1, -0.05) is 38.5 Å². The van der Waals surface area contributed by atoms with Crippen LogP contribution in [-0.4, -0.2) is 37.7 Å². The summed E-state index contributed by atoms with van der Waals surface area (Å²) < 4.78 is 1.64. The van der Waals surface area contributed by atoms with Crippen LogP contribution in [0.5, 0.6) is 0 Å². The Balaban J connectivity index is 2.39. The molecule has 15 heavy (non-hydrogen) atoms. The molecule has 1 aromatic heterocycles. The lowest BCUT2D eigenvalue weighted by atomic mass is 10.1. The van der Waals surface area contributed by atoms with Gasteiger partial charge in [0.2, 0.25) is 5.16 Å². The number of thioether (sulfide) groups is 1. The number of tetrazole rings is 1. The lowest BCUT2D eigenvalue weighted by Gasteiger charge is -2.08. The predicted molar refractivity (Wildman–Crippen MR) is 59.7 cm³/mol. The molecular formula is C9H18N4OS. The van der Waals surface area contributed by atoms with Gasteiger partial charge in [-0.05, 0) is 16.3 Å². The van der Waals surface area contributed by atoms with Crippen molar-refractivity contribution in [1.29, 1.82) is 0 Å². The molecule has 5 nitrogen and oxygen atoms in total. The maximum Gasteiger partial charge on any atom is 0.209 e. The van der Waals surface area contributed by atoms with Crippen LogP contribution in [0.2, 0.25) is 0 Å². The highest BCUT2D eigenvalue weighted by Crippen LogP contribution is 2.19. The minimum Gasteiger partial charge on any atom is -0.394 e. The maximum atomic E-state index is 8.80. The first-order chi connectivity index (χ1) is 7.27. The highest BCUT2D eigenvalue weighted by Gasteiger charge is 2.08. The van der Waals surface area contributed by atoms with Gasteiger partial charge in [0.1, 0.15) is 0 Å². The summed E-state index contributed by atoms with van der Waals surface area (Å²) in [6, 6.07) is 0. The quantitative estimate of drug-likeness (QED) is 0.713. The van der Waals surface area contributed by atoms with E-state index in [1.165, 1.54) is 12.8 Å². The van der Waals surface area contributed by atoms with Crippen LogP contribution in [0.1, 0.15) is 26.7 Å². The molecule has 0 bridgehead atoms. The summed E-state index contributed by atoms with van der Waals surface area (Å²) in [5.74, 6) is 1.71. The van der Waals surface area contributed by atoms with Gasteiger partial charge in [-0.25, -0.2) is 4.68 Å². The van der Waals surface area contributed by atoms with E-state index in [-0.39, 0.29) is 6.61 Å². The molecule has 0 radical (unpaired) electrons. The summed E-state index contributed by atoms with van der Waals surface area (Å²) >= 11 is 1.66. The average molecular weight is 230 g/mol. The molecule has 0 saturated heterocycles. The van der Waals surface area contributed by atoms with Crippen LogP contribution in [0.15, 0.2) is 5.16 Å². The summed E-state index contributed by atoms with van der Waals surface area (Å²) in [5.41, 5.74) is 0. The van der Waals surface area contributed by atoms with E-state index < -0.39 is 0 Å². The van der Waals surface area contributed by atoms with Crippen LogP contribution in [0.3, 0.4) is 0 Å². The second-order valence-corrected chi connectivity index (χ2v) is 4.60. The Morgan fingerprint density at radius 1 is 1.53 bits per heavy atom. The van der Waals surface area contributed by atoms with E-state index >= 15 is 0 Å². The molecular weight excluding hydrogens is 212 g/mol. The van der Waals surface area contributed by atoms with Crippen LogP contribution in [0, 0.1) is 5.92 Å². The minimum absolute atomic E-state index is 0.0725. The number of aliphatic hydroxyl groups excluding tert-OH is 1. The van der Waals surface area contributed by atoms with Crippen molar-refractivity contribution in [3.63, 3.8) is 0 Å². The van der Waals surface area contributed by atoms with Crippen LogP contribution in [0.25, 0.3) is 0 Å². The number of hydrogen-bond acceptors (Lipinski definition) is 5. The van der Waals surface area contributed by atoms with Gasteiger partial charge in [0, 0.05) is 5.75 Å². The van der Waals surface area contributed by atoms with E-state index in [2.05, 4.69) is 29.4 Å². The molecule has 6 heteroatoms. The normalized spacial score (nSPS) is 13.0. The fourth-order valence-corrected chi connectivity index (χ4v) is 2.30. The Kier molecular flexibility index (Phi) is 5.63. The van der Waals surface area contributed by atoms with E-state index in [0.717, 1.165) is 10.9 Å². The summed E-state index contributed by atoms with van der Waals surface area (Å²) in [6.45, 7) is 4.97. The zero-order valence-electron chi connectivity index (χ0n) is 9.26. The lowest BCUT2D eigenvalue weighted by Crippen LogP contribution is -2.07. The standard InChI is InChI=1S/C9H18N4OS/c1-3-4-8(2)7-15-9-10-11-12-13(9)5-6-14/h8,14H,3-7H2,1-2H3. The largest absolute Gasteiger partial charge is 0.394 e. The van der Waals surface area contributed by atoms with Crippen molar-refractivity contribution >= 4 is 11.8 Å².